The summed E-state index contributed by atoms with van der Waals surface area (Å²) >= 11 is 0.913. The average molecular weight is 521 g/mol. The average Bonchev–Trinajstić information content (AvgIpc) is 3.19. The summed E-state index contributed by atoms with van der Waals surface area (Å²) in [6.45, 7) is 0.0167. The van der Waals surface area contributed by atoms with Gasteiger partial charge < -0.3 is 20.5 Å². The number of aromatic nitrogens is 2. The van der Waals surface area contributed by atoms with Crippen LogP contribution in [0.1, 0.15) is 16.1 Å². The predicted molar refractivity (Wildman–Crippen MR) is 122 cm³/mol. The first-order valence-electron chi connectivity index (χ1n) is 9.97. The lowest BCUT2D eigenvalue weighted by molar-refractivity contribution is -0.274. The van der Waals surface area contributed by atoms with E-state index in [2.05, 4.69) is 25.3 Å². The lowest BCUT2D eigenvalue weighted by atomic mass is 10.2. The highest BCUT2D eigenvalue weighted by molar-refractivity contribution is 7.22. The number of fused-ring (bicyclic) bond motifs is 1. The molecule has 2 aromatic carbocycles. The van der Waals surface area contributed by atoms with Gasteiger partial charge in [-0.2, -0.15) is 0 Å². The van der Waals surface area contributed by atoms with Crippen LogP contribution in [0.3, 0.4) is 0 Å². The first-order chi connectivity index (χ1) is 17.1. The van der Waals surface area contributed by atoms with E-state index in [0.29, 0.717) is 15.8 Å². The number of ether oxygens (including phenoxy) is 2. The van der Waals surface area contributed by atoms with Crippen molar-refractivity contribution < 1.29 is 36.6 Å². The largest absolute Gasteiger partial charge is 0.573 e. The minimum atomic E-state index is -4.84. The van der Waals surface area contributed by atoms with E-state index in [0.717, 1.165) is 29.5 Å². The van der Waals surface area contributed by atoms with Gasteiger partial charge >= 0.3 is 12.4 Å². The Balaban J connectivity index is 1.36. The molecule has 0 spiro atoms. The number of urea groups is 1. The molecule has 4 N–H and O–H groups in total. The van der Waals surface area contributed by atoms with Gasteiger partial charge in [0.15, 0.2) is 5.13 Å². The number of pyridine rings is 1. The molecular weight excluding hydrogens is 506 g/mol. The molecule has 2 aromatic heterocycles. The van der Waals surface area contributed by atoms with Crippen molar-refractivity contribution in [3.8, 4) is 11.5 Å². The molecule has 4 aromatic rings. The number of nitrogens with zero attached hydrogens (tertiary/aromatic N) is 2. The third-order valence-corrected chi connectivity index (χ3v) is 5.42. The molecular formula is C22H15F4N5O4S. The quantitative estimate of drug-likeness (QED) is 0.292. The second-order valence-corrected chi connectivity index (χ2v) is 8.15. The Morgan fingerprint density at radius 1 is 1.03 bits per heavy atom. The number of carbonyl (C=O) groups excluding carboxylic acids is 2. The molecule has 0 saturated carbocycles. The summed E-state index contributed by atoms with van der Waals surface area (Å²) in [5, 5.41) is 4.81. The minimum Gasteiger partial charge on any atom is -0.489 e. The zero-order valence-corrected chi connectivity index (χ0v) is 18.7. The molecule has 0 aliphatic carbocycles. The molecule has 4 rings (SSSR count). The summed E-state index contributed by atoms with van der Waals surface area (Å²) in [6.07, 6.45) is -3.44. The second-order valence-electron chi connectivity index (χ2n) is 7.12. The molecule has 14 heteroatoms. The van der Waals surface area contributed by atoms with Gasteiger partial charge in [-0.25, -0.2) is 14.2 Å². The summed E-state index contributed by atoms with van der Waals surface area (Å²) in [5.74, 6) is -1.73. The van der Waals surface area contributed by atoms with Crippen molar-refractivity contribution in [2.75, 3.05) is 10.6 Å². The highest BCUT2D eigenvalue weighted by atomic mass is 32.1. The number of nitrogens with one attached hydrogen (secondary N) is 2. The van der Waals surface area contributed by atoms with E-state index < -0.39 is 29.9 Å². The van der Waals surface area contributed by atoms with Crippen LogP contribution in [0.25, 0.3) is 10.2 Å². The zero-order valence-electron chi connectivity index (χ0n) is 17.9. The molecule has 36 heavy (non-hydrogen) atoms. The zero-order chi connectivity index (χ0) is 25.9. The fourth-order valence-electron chi connectivity index (χ4n) is 2.96. The normalized spacial score (nSPS) is 11.2. The number of anilines is 2. The number of primary amides is 1. The van der Waals surface area contributed by atoms with Gasteiger partial charge in [0, 0.05) is 18.3 Å². The Bertz CT molecular complexity index is 1440. The number of carbonyl (C=O) groups is 2. The lowest BCUT2D eigenvalue weighted by Crippen LogP contribution is -2.20. The minimum absolute atomic E-state index is 0.0167. The molecule has 0 fully saturated rings. The van der Waals surface area contributed by atoms with Crippen molar-refractivity contribution in [3.05, 3.63) is 71.8 Å². The van der Waals surface area contributed by atoms with Gasteiger partial charge in [-0.3, -0.25) is 15.1 Å². The van der Waals surface area contributed by atoms with Crippen LogP contribution < -0.4 is 25.8 Å². The molecule has 0 aliphatic heterocycles. The van der Waals surface area contributed by atoms with Gasteiger partial charge in [-0.15, -0.1) is 13.2 Å². The van der Waals surface area contributed by atoms with E-state index in [9.17, 15) is 27.2 Å². The van der Waals surface area contributed by atoms with E-state index in [1.165, 1.54) is 30.5 Å². The number of hydrogen-bond acceptors (Lipinski definition) is 7. The highest BCUT2D eigenvalue weighted by Gasteiger charge is 2.31. The van der Waals surface area contributed by atoms with Crippen molar-refractivity contribution in [2.45, 2.75) is 13.0 Å². The third-order valence-electron chi connectivity index (χ3n) is 4.48. The number of nitrogens with two attached hydrogens (primary N) is 1. The first-order valence-corrected chi connectivity index (χ1v) is 10.8. The van der Waals surface area contributed by atoms with Gasteiger partial charge in [0.1, 0.15) is 29.6 Å². The van der Waals surface area contributed by atoms with Crippen LogP contribution in [0, 0.1) is 5.82 Å². The summed E-state index contributed by atoms with van der Waals surface area (Å²) in [5.41, 5.74) is 6.03. The van der Waals surface area contributed by atoms with Crippen molar-refractivity contribution in [3.63, 3.8) is 0 Å². The molecule has 9 nitrogen and oxygen atoms in total. The Kier molecular flexibility index (Phi) is 6.87. The molecule has 0 atom stereocenters. The highest BCUT2D eigenvalue weighted by Crippen LogP contribution is 2.32. The summed E-state index contributed by atoms with van der Waals surface area (Å²) in [6, 6.07) is 9.57. The van der Waals surface area contributed by atoms with E-state index in [1.807, 2.05) is 0 Å². The molecule has 0 aliphatic rings. The van der Waals surface area contributed by atoms with Crippen LogP contribution in [-0.2, 0) is 6.61 Å². The standard InChI is InChI=1S/C22H15F4N5O4S/c23-14-8-12(34-10-11-5-6-28-17(7-11)19(27)32)1-3-15(14)29-20(33)31-21-30-16-4-2-13(9-18(16)36-21)35-22(24,25)26/h1-9H,10H2,(H2,27,32)(H2,29,30,31,33). The molecule has 0 bridgehead atoms. The summed E-state index contributed by atoms with van der Waals surface area (Å²) in [7, 11) is 0. The van der Waals surface area contributed by atoms with E-state index in [-0.39, 0.29) is 28.9 Å². The molecule has 0 unspecified atom stereocenters. The summed E-state index contributed by atoms with van der Waals surface area (Å²) < 4.78 is 61.4. The van der Waals surface area contributed by atoms with Crippen LogP contribution in [0.2, 0.25) is 0 Å². The summed E-state index contributed by atoms with van der Waals surface area (Å²) in [4.78, 5) is 31.4. The van der Waals surface area contributed by atoms with Gasteiger partial charge in [0.2, 0.25) is 0 Å². The van der Waals surface area contributed by atoms with E-state index in [1.54, 1.807) is 6.07 Å². The number of amides is 3. The van der Waals surface area contributed by atoms with Gasteiger partial charge in [-0.05, 0) is 42.0 Å². The van der Waals surface area contributed by atoms with Crippen LogP contribution in [0.15, 0.2) is 54.7 Å². The number of halogens is 4. The molecule has 0 radical (unpaired) electrons. The van der Waals surface area contributed by atoms with E-state index in [4.69, 9.17) is 10.5 Å². The monoisotopic (exact) mass is 521 g/mol. The van der Waals surface area contributed by atoms with Gasteiger partial charge in [-0.1, -0.05) is 11.3 Å². The lowest BCUT2D eigenvalue weighted by Gasteiger charge is -2.10. The second kappa shape index (κ2) is 10.0. The number of rotatable bonds is 7. The van der Waals surface area contributed by atoms with E-state index >= 15 is 0 Å². The number of hydrogen-bond donors (Lipinski definition) is 3. The Hall–Kier alpha value is -4.46. The van der Waals surface area contributed by atoms with Crippen molar-refractivity contribution in [1.29, 1.82) is 0 Å². The molecule has 3 amide bonds. The fraction of sp³-hybridized carbons (Fsp3) is 0.0909. The number of thiazole rings is 1. The fourth-order valence-corrected chi connectivity index (χ4v) is 3.85. The maximum Gasteiger partial charge on any atom is 0.573 e. The Morgan fingerprint density at radius 2 is 1.81 bits per heavy atom. The topological polar surface area (TPSA) is 128 Å². The Morgan fingerprint density at radius 3 is 2.53 bits per heavy atom. The maximum atomic E-state index is 14.5. The van der Waals surface area contributed by atoms with Crippen LogP contribution in [0.5, 0.6) is 11.5 Å². The van der Waals surface area contributed by atoms with Crippen LogP contribution in [0.4, 0.5) is 33.2 Å². The van der Waals surface area contributed by atoms with Crippen LogP contribution >= 0.6 is 11.3 Å². The SMILES string of the molecule is NC(=O)c1cc(COc2ccc(NC(=O)Nc3nc4ccc(OC(F)(F)F)cc4s3)c(F)c2)ccn1. The molecule has 186 valence electrons. The third kappa shape index (κ3) is 6.35. The predicted octanol–water partition coefficient (Wildman–Crippen LogP) is 5.05. The van der Waals surface area contributed by atoms with Crippen molar-refractivity contribution in [1.82, 2.24) is 9.97 Å². The molecule has 2 heterocycles. The first kappa shape index (κ1) is 24.7. The maximum absolute atomic E-state index is 14.5. The van der Waals surface area contributed by atoms with Gasteiger partial charge in [0.05, 0.1) is 15.9 Å². The smallest absolute Gasteiger partial charge is 0.489 e. The number of alkyl halides is 3. The van der Waals surface area contributed by atoms with Crippen molar-refractivity contribution >= 4 is 44.3 Å². The van der Waals surface area contributed by atoms with Crippen LogP contribution in [-0.4, -0.2) is 28.3 Å². The van der Waals surface area contributed by atoms with Gasteiger partial charge in [0.25, 0.3) is 5.91 Å². The number of benzene rings is 2. The molecule has 0 saturated heterocycles. The Labute approximate surface area is 203 Å². The van der Waals surface area contributed by atoms with Crippen molar-refractivity contribution in [2.24, 2.45) is 5.73 Å².